The number of amides is 2. The van der Waals surface area contributed by atoms with E-state index < -0.39 is 0 Å². The molecule has 0 aromatic heterocycles. The van der Waals surface area contributed by atoms with Crippen LogP contribution in [-0.4, -0.2) is 24.8 Å². The summed E-state index contributed by atoms with van der Waals surface area (Å²) < 4.78 is 0. The quantitative estimate of drug-likeness (QED) is 0.661. The summed E-state index contributed by atoms with van der Waals surface area (Å²) in [5, 5.41) is 14.2. The van der Waals surface area contributed by atoms with Crippen LogP contribution >= 0.6 is 0 Å². The molecule has 0 aliphatic carbocycles. The number of carbonyl (C=O) groups is 1. The molecule has 1 unspecified atom stereocenters. The van der Waals surface area contributed by atoms with Crippen molar-refractivity contribution in [1.82, 2.24) is 10.6 Å². The number of benzene rings is 1. The molecule has 1 rings (SSSR count). The van der Waals surface area contributed by atoms with Crippen molar-refractivity contribution in [2.75, 3.05) is 13.7 Å². The van der Waals surface area contributed by atoms with E-state index in [2.05, 4.69) is 10.6 Å². The maximum absolute atomic E-state index is 11.0. The topological polar surface area (TPSA) is 61.4 Å². The van der Waals surface area contributed by atoms with Gasteiger partial charge < -0.3 is 15.7 Å². The predicted molar refractivity (Wildman–Crippen MR) is 53.9 cm³/mol. The highest BCUT2D eigenvalue weighted by atomic mass is 16.3. The molecule has 0 heterocycles. The second-order valence-corrected chi connectivity index (χ2v) is 2.87. The van der Waals surface area contributed by atoms with E-state index in [4.69, 9.17) is 5.11 Å². The van der Waals surface area contributed by atoms with Gasteiger partial charge in [0.05, 0.1) is 12.6 Å². The fraction of sp³-hybridized carbons (Fsp3) is 0.300. The van der Waals surface area contributed by atoms with Crippen molar-refractivity contribution in [3.05, 3.63) is 35.9 Å². The first-order chi connectivity index (χ1) is 6.77. The maximum Gasteiger partial charge on any atom is 0.315 e. The van der Waals surface area contributed by atoms with E-state index in [1.807, 2.05) is 30.3 Å². The van der Waals surface area contributed by atoms with Crippen molar-refractivity contribution in [2.45, 2.75) is 6.04 Å². The van der Waals surface area contributed by atoms with Crippen LogP contribution in [0.2, 0.25) is 0 Å². The molecule has 0 fully saturated rings. The standard InChI is InChI=1S/C10H14N2O2/c1-11-10(14)12-9(7-13)8-5-3-2-4-6-8/h2-6,9,13H,7H2,1H3,(H2,11,12,14). The summed E-state index contributed by atoms with van der Waals surface area (Å²) in [6.07, 6.45) is 0. The van der Waals surface area contributed by atoms with Crippen LogP contribution in [0, 0.1) is 0 Å². The monoisotopic (exact) mass is 194 g/mol. The van der Waals surface area contributed by atoms with Gasteiger partial charge in [0.2, 0.25) is 0 Å². The highest BCUT2D eigenvalue weighted by Gasteiger charge is 2.11. The van der Waals surface area contributed by atoms with E-state index in [9.17, 15) is 4.79 Å². The summed E-state index contributed by atoms with van der Waals surface area (Å²) in [5.41, 5.74) is 0.888. The smallest absolute Gasteiger partial charge is 0.315 e. The first-order valence-corrected chi connectivity index (χ1v) is 4.42. The molecule has 4 heteroatoms. The van der Waals surface area contributed by atoms with Gasteiger partial charge in [-0.25, -0.2) is 4.79 Å². The van der Waals surface area contributed by atoms with Crippen molar-refractivity contribution in [3.8, 4) is 0 Å². The third-order valence-corrected chi connectivity index (χ3v) is 1.92. The minimum atomic E-state index is -0.351. The lowest BCUT2D eigenvalue weighted by atomic mass is 10.1. The Morgan fingerprint density at radius 1 is 1.43 bits per heavy atom. The molecule has 1 aromatic rings. The first kappa shape index (κ1) is 10.5. The van der Waals surface area contributed by atoms with Crippen LogP contribution in [0.3, 0.4) is 0 Å². The summed E-state index contributed by atoms with van der Waals surface area (Å²) in [5.74, 6) is 0. The Kier molecular flexibility index (Phi) is 3.94. The van der Waals surface area contributed by atoms with Crippen LogP contribution < -0.4 is 10.6 Å². The van der Waals surface area contributed by atoms with Gasteiger partial charge in [-0.3, -0.25) is 0 Å². The van der Waals surface area contributed by atoms with Gasteiger partial charge in [-0.05, 0) is 5.56 Å². The normalized spacial score (nSPS) is 11.9. The lowest BCUT2D eigenvalue weighted by Gasteiger charge is -2.15. The molecule has 0 aliphatic rings. The SMILES string of the molecule is CNC(=O)NC(CO)c1ccccc1. The molecular weight excluding hydrogens is 180 g/mol. The highest BCUT2D eigenvalue weighted by molar-refractivity contribution is 5.74. The van der Waals surface area contributed by atoms with E-state index in [-0.39, 0.29) is 18.7 Å². The minimum Gasteiger partial charge on any atom is -0.394 e. The molecule has 1 atom stereocenters. The molecule has 0 saturated heterocycles. The van der Waals surface area contributed by atoms with Crippen LogP contribution in [0.15, 0.2) is 30.3 Å². The van der Waals surface area contributed by atoms with Crippen molar-refractivity contribution >= 4 is 6.03 Å². The Hall–Kier alpha value is -1.55. The summed E-state index contributed by atoms with van der Waals surface area (Å²) in [7, 11) is 1.54. The summed E-state index contributed by atoms with van der Waals surface area (Å²) in [6, 6.07) is 8.68. The van der Waals surface area contributed by atoms with Gasteiger partial charge in [-0.15, -0.1) is 0 Å². The molecule has 0 bridgehead atoms. The van der Waals surface area contributed by atoms with E-state index in [0.29, 0.717) is 0 Å². The lowest BCUT2D eigenvalue weighted by Crippen LogP contribution is -2.37. The number of urea groups is 1. The number of carbonyl (C=O) groups excluding carboxylic acids is 1. The molecule has 0 aliphatic heterocycles. The van der Waals surface area contributed by atoms with Gasteiger partial charge in [0, 0.05) is 7.05 Å². The van der Waals surface area contributed by atoms with Gasteiger partial charge in [-0.1, -0.05) is 30.3 Å². The average molecular weight is 194 g/mol. The highest BCUT2D eigenvalue weighted by Crippen LogP contribution is 2.10. The van der Waals surface area contributed by atoms with Crippen molar-refractivity contribution in [3.63, 3.8) is 0 Å². The van der Waals surface area contributed by atoms with Gasteiger partial charge in [0.15, 0.2) is 0 Å². The van der Waals surface area contributed by atoms with Gasteiger partial charge in [-0.2, -0.15) is 0 Å². The Bertz CT molecular complexity index is 287. The Morgan fingerprint density at radius 2 is 2.07 bits per heavy atom. The van der Waals surface area contributed by atoms with Gasteiger partial charge >= 0.3 is 6.03 Å². The molecule has 0 saturated carbocycles. The Balaban J connectivity index is 2.68. The van der Waals surface area contributed by atoms with Crippen LogP contribution in [0.4, 0.5) is 4.79 Å². The van der Waals surface area contributed by atoms with Crippen LogP contribution in [0.5, 0.6) is 0 Å². The van der Waals surface area contributed by atoms with Gasteiger partial charge in [0.25, 0.3) is 0 Å². The van der Waals surface area contributed by atoms with Crippen molar-refractivity contribution < 1.29 is 9.90 Å². The Labute approximate surface area is 82.9 Å². The molecule has 3 N–H and O–H groups in total. The number of hydrogen-bond donors (Lipinski definition) is 3. The number of aliphatic hydroxyl groups is 1. The number of hydrogen-bond acceptors (Lipinski definition) is 2. The Morgan fingerprint density at radius 3 is 2.57 bits per heavy atom. The molecule has 1 aromatic carbocycles. The predicted octanol–water partition coefficient (Wildman–Crippen LogP) is 0.649. The summed E-state index contributed by atoms with van der Waals surface area (Å²) in [4.78, 5) is 11.0. The van der Waals surface area contributed by atoms with Gasteiger partial charge in [0.1, 0.15) is 0 Å². The fourth-order valence-corrected chi connectivity index (χ4v) is 1.15. The lowest BCUT2D eigenvalue weighted by molar-refractivity contribution is 0.218. The average Bonchev–Trinajstić information content (AvgIpc) is 2.26. The second-order valence-electron chi connectivity index (χ2n) is 2.87. The molecule has 2 amide bonds. The van der Waals surface area contributed by atoms with Crippen LogP contribution in [0.25, 0.3) is 0 Å². The van der Waals surface area contributed by atoms with E-state index in [1.54, 1.807) is 0 Å². The van der Waals surface area contributed by atoms with E-state index >= 15 is 0 Å². The zero-order chi connectivity index (χ0) is 10.4. The molecule has 4 nitrogen and oxygen atoms in total. The number of rotatable bonds is 3. The minimum absolute atomic E-state index is 0.114. The third kappa shape index (κ3) is 2.74. The first-order valence-electron chi connectivity index (χ1n) is 4.42. The second kappa shape index (κ2) is 5.24. The molecule has 76 valence electrons. The number of aliphatic hydroxyl groups excluding tert-OH is 1. The third-order valence-electron chi connectivity index (χ3n) is 1.92. The maximum atomic E-state index is 11.0. The largest absolute Gasteiger partial charge is 0.394 e. The van der Waals surface area contributed by atoms with E-state index in [1.165, 1.54) is 7.05 Å². The van der Waals surface area contributed by atoms with Crippen LogP contribution in [0.1, 0.15) is 11.6 Å². The summed E-state index contributed by atoms with van der Waals surface area (Å²) >= 11 is 0. The van der Waals surface area contributed by atoms with E-state index in [0.717, 1.165) is 5.56 Å². The molecule has 14 heavy (non-hydrogen) atoms. The molecule has 0 spiro atoms. The molecular formula is C10H14N2O2. The zero-order valence-electron chi connectivity index (χ0n) is 8.03. The summed E-state index contributed by atoms with van der Waals surface area (Å²) in [6.45, 7) is -0.114. The fourth-order valence-electron chi connectivity index (χ4n) is 1.15. The van der Waals surface area contributed by atoms with Crippen molar-refractivity contribution in [2.24, 2.45) is 0 Å². The van der Waals surface area contributed by atoms with Crippen molar-refractivity contribution in [1.29, 1.82) is 0 Å². The molecule has 0 radical (unpaired) electrons. The zero-order valence-corrected chi connectivity index (χ0v) is 8.03. The number of nitrogens with one attached hydrogen (secondary N) is 2. The van der Waals surface area contributed by atoms with Crippen LogP contribution in [-0.2, 0) is 0 Å².